The van der Waals surface area contributed by atoms with Crippen molar-refractivity contribution in [2.24, 2.45) is 0 Å². The summed E-state index contributed by atoms with van der Waals surface area (Å²) >= 11 is 1.34. The molecule has 0 fully saturated rings. The van der Waals surface area contributed by atoms with Gasteiger partial charge < -0.3 is 11.1 Å². The van der Waals surface area contributed by atoms with Crippen molar-refractivity contribution in [2.45, 2.75) is 13.0 Å². The highest BCUT2D eigenvalue weighted by Gasteiger charge is 2.11. The van der Waals surface area contributed by atoms with Crippen LogP contribution in [-0.4, -0.2) is 11.9 Å². The van der Waals surface area contributed by atoms with Crippen LogP contribution in [0.1, 0.15) is 16.6 Å². The van der Waals surface area contributed by atoms with E-state index in [4.69, 9.17) is 5.73 Å². The first kappa shape index (κ1) is 9.80. The molecular formula is C9H12N2OS. The minimum atomic E-state index is -0.139. The summed E-state index contributed by atoms with van der Waals surface area (Å²) < 4.78 is 0. The molecule has 3 nitrogen and oxygen atoms in total. The van der Waals surface area contributed by atoms with E-state index < -0.39 is 0 Å². The minimum Gasteiger partial charge on any atom is -0.397 e. The van der Waals surface area contributed by atoms with E-state index in [9.17, 15) is 4.79 Å². The number of anilines is 1. The van der Waals surface area contributed by atoms with E-state index in [1.54, 1.807) is 17.5 Å². The number of carbonyl (C=O) groups excluding carboxylic acids is 1. The van der Waals surface area contributed by atoms with Gasteiger partial charge in [0.25, 0.3) is 5.91 Å². The van der Waals surface area contributed by atoms with E-state index in [2.05, 4.69) is 11.9 Å². The number of hydrogen-bond acceptors (Lipinski definition) is 3. The Hall–Kier alpha value is -1.29. The van der Waals surface area contributed by atoms with E-state index in [-0.39, 0.29) is 11.9 Å². The van der Waals surface area contributed by atoms with Crippen molar-refractivity contribution in [1.29, 1.82) is 0 Å². The molecule has 13 heavy (non-hydrogen) atoms. The number of nitrogen functional groups attached to an aromatic ring is 1. The van der Waals surface area contributed by atoms with Gasteiger partial charge in [-0.1, -0.05) is 6.08 Å². The average Bonchev–Trinajstić information content (AvgIpc) is 2.51. The zero-order valence-corrected chi connectivity index (χ0v) is 8.23. The minimum absolute atomic E-state index is 0.0333. The van der Waals surface area contributed by atoms with Crippen LogP contribution in [0.2, 0.25) is 0 Å². The first-order valence-electron chi connectivity index (χ1n) is 3.91. The number of carbonyl (C=O) groups is 1. The predicted octanol–water partition coefficient (Wildman–Crippen LogP) is 1.63. The molecule has 1 rings (SSSR count). The second-order valence-electron chi connectivity index (χ2n) is 2.70. The van der Waals surface area contributed by atoms with Gasteiger partial charge in [0.1, 0.15) is 4.88 Å². The van der Waals surface area contributed by atoms with Crippen LogP contribution in [0.3, 0.4) is 0 Å². The smallest absolute Gasteiger partial charge is 0.263 e. The fourth-order valence-corrected chi connectivity index (χ4v) is 1.56. The predicted molar refractivity (Wildman–Crippen MR) is 55.9 cm³/mol. The molecule has 0 saturated heterocycles. The van der Waals surface area contributed by atoms with Crippen molar-refractivity contribution < 1.29 is 4.79 Å². The standard InChI is InChI=1S/C9H12N2OS/c1-3-6(2)11-9(12)8-7(10)4-5-13-8/h3-6H,1,10H2,2H3,(H,11,12). The molecule has 70 valence electrons. The van der Waals surface area contributed by atoms with Gasteiger partial charge in [-0.3, -0.25) is 4.79 Å². The first-order chi connectivity index (χ1) is 6.15. The maximum atomic E-state index is 11.5. The number of hydrogen-bond donors (Lipinski definition) is 2. The summed E-state index contributed by atoms with van der Waals surface area (Å²) in [5.74, 6) is -0.139. The summed E-state index contributed by atoms with van der Waals surface area (Å²) in [7, 11) is 0. The van der Waals surface area contributed by atoms with Gasteiger partial charge in [0.05, 0.1) is 5.69 Å². The zero-order valence-electron chi connectivity index (χ0n) is 7.41. The fraction of sp³-hybridized carbons (Fsp3) is 0.222. The number of rotatable bonds is 3. The van der Waals surface area contributed by atoms with Crippen LogP contribution in [0.25, 0.3) is 0 Å². The lowest BCUT2D eigenvalue weighted by Gasteiger charge is -2.07. The molecule has 0 aromatic carbocycles. The molecule has 1 unspecified atom stereocenters. The zero-order chi connectivity index (χ0) is 9.84. The quantitative estimate of drug-likeness (QED) is 0.722. The van der Waals surface area contributed by atoms with Crippen LogP contribution in [0.5, 0.6) is 0 Å². The van der Waals surface area contributed by atoms with Gasteiger partial charge in [0, 0.05) is 6.04 Å². The van der Waals surface area contributed by atoms with Gasteiger partial charge >= 0.3 is 0 Å². The molecule has 0 aliphatic carbocycles. The Kier molecular flexibility index (Phi) is 3.08. The highest BCUT2D eigenvalue weighted by Crippen LogP contribution is 2.18. The maximum absolute atomic E-state index is 11.5. The Morgan fingerprint density at radius 2 is 2.54 bits per heavy atom. The van der Waals surface area contributed by atoms with E-state index in [0.717, 1.165) is 0 Å². The molecule has 4 heteroatoms. The molecule has 0 saturated carbocycles. The van der Waals surface area contributed by atoms with Crippen molar-refractivity contribution >= 4 is 22.9 Å². The van der Waals surface area contributed by atoms with E-state index >= 15 is 0 Å². The lowest BCUT2D eigenvalue weighted by Crippen LogP contribution is -2.30. The number of nitrogens with two attached hydrogens (primary N) is 1. The van der Waals surface area contributed by atoms with Crippen molar-refractivity contribution in [1.82, 2.24) is 5.32 Å². The number of amides is 1. The summed E-state index contributed by atoms with van der Waals surface area (Å²) in [4.78, 5) is 12.0. The highest BCUT2D eigenvalue weighted by molar-refractivity contribution is 7.12. The Balaban J connectivity index is 2.69. The Morgan fingerprint density at radius 3 is 3.00 bits per heavy atom. The normalized spacial score (nSPS) is 12.1. The SMILES string of the molecule is C=CC(C)NC(=O)c1sccc1N. The van der Waals surface area contributed by atoms with E-state index in [1.807, 2.05) is 6.92 Å². The molecule has 1 heterocycles. The average molecular weight is 196 g/mol. The van der Waals surface area contributed by atoms with Crippen LogP contribution in [-0.2, 0) is 0 Å². The first-order valence-corrected chi connectivity index (χ1v) is 4.79. The van der Waals surface area contributed by atoms with Gasteiger partial charge in [0.2, 0.25) is 0 Å². The molecular weight excluding hydrogens is 184 g/mol. The Labute approximate surface area is 81.3 Å². The summed E-state index contributed by atoms with van der Waals surface area (Å²) in [6, 6.07) is 1.69. The molecule has 1 aromatic heterocycles. The molecule has 1 amide bonds. The van der Waals surface area contributed by atoms with Crippen molar-refractivity contribution in [3.8, 4) is 0 Å². The molecule has 3 N–H and O–H groups in total. The third kappa shape index (κ3) is 2.32. The monoisotopic (exact) mass is 196 g/mol. The lowest BCUT2D eigenvalue weighted by molar-refractivity contribution is 0.0952. The van der Waals surface area contributed by atoms with Crippen molar-refractivity contribution in [2.75, 3.05) is 5.73 Å². The Morgan fingerprint density at radius 1 is 1.85 bits per heavy atom. The van der Waals surface area contributed by atoms with Crippen LogP contribution < -0.4 is 11.1 Å². The third-order valence-corrected chi connectivity index (χ3v) is 2.54. The summed E-state index contributed by atoms with van der Waals surface area (Å²) in [5.41, 5.74) is 6.11. The molecule has 0 bridgehead atoms. The molecule has 1 atom stereocenters. The second-order valence-corrected chi connectivity index (χ2v) is 3.62. The Bertz CT molecular complexity index is 319. The van der Waals surface area contributed by atoms with E-state index in [0.29, 0.717) is 10.6 Å². The van der Waals surface area contributed by atoms with Gasteiger partial charge in [-0.2, -0.15) is 0 Å². The van der Waals surface area contributed by atoms with Gasteiger partial charge in [-0.15, -0.1) is 17.9 Å². The van der Waals surface area contributed by atoms with Gasteiger partial charge in [-0.25, -0.2) is 0 Å². The number of nitrogens with one attached hydrogen (secondary N) is 1. The van der Waals surface area contributed by atoms with Crippen molar-refractivity contribution in [3.63, 3.8) is 0 Å². The topological polar surface area (TPSA) is 55.1 Å². The number of thiophene rings is 1. The summed E-state index contributed by atoms with van der Waals surface area (Å²) in [6.45, 7) is 5.43. The summed E-state index contributed by atoms with van der Waals surface area (Å²) in [6.07, 6.45) is 1.67. The second kappa shape index (κ2) is 4.09. The lowest BCUT2D eigenvalue weighted by atomic mass is 10.3. The van der Waals surface area contributed by atoms with Crippen LogP contribution in [0.4, 0.5) is 5.69 Å². The van der Waals surface area contributed by atoms with Crippen LogP contribution in [0.15, 0.2) is 24.1 Å². The molecule has 0 spiro atoms. The van der Waals surface area contributed by atoms with Crippen molar-refractivity contribution in [3.05, 3.63) is 29.0 Å². The molecule has 0 aliphatic rings. The summed E-state index contributed by atoms with van der Waals surface area (Å²) in [5, 5.41) is 4.54. The van der Waals surface area contributed by atoms with Gasteiger partial charge in [0.15, 0.2) is 0 Å². The highest BCUT2D eigenvalue weighted by atomic mass is 32.1. The largest absolute Gasteiger partial charge is 0.397 e. The third-order valence-electron chi connectivity index (χ3n) is 1.61. The fourth-order valence-electron chi connectivity index (χ4n) is 0.835. The molecule has 1 aromatic rings. The molecule has 0 radical (unpaired) electrons. The molecule has 0 aliphatic heterocycles. The van der Waals surface area contributed by atoms with E-state index in [1.165, 1.54) is 11.3 Å². The van der Waals surface area contributed by atoms with Gasteiger partial charge in [-0.05, 0) is 18.4 Å². The van der Waals surface area contributed by atoms with Crippen LogP contribution in [0, 0.1) is 0 Å². The van der Waals surface area contributed by atoms with Crippen LogP contribution >= 0.6 is 11.3 Å². The maximum Gasteiger partial charge on any atom is 0.263 e.